The van der Waals surface area contributed by atoms with Crippen LogP contribution in [0.2, 0.25) is 15.1 Å². The molecule has 6 heteroatoms. The molecule has 0 heterocycles. The van der Waals surface area contributed by atoms with E-state index in [1.807, 2.05) is 0 Å². The number of ether oxygens (including phenoxy) is 1. The van der Waals surface area contributed by atoms with E-state index in [-0.39, 0.29) is 12.5 Å². The Morgan fingerprint density at radius 1 is 1.00 bits per heavy atom. The molecule has 0 aliphatic carbocycles. The lowest BCUT2D eigenvalue weighted by atomic mass is 10.3. The number of hydrogen-bond acceptors (Lipinski definition) is 2. The van der Waals surface area contributed by atoms with Gasteiger partial charge in [-0.2, -0.15) is 0 Å². The number of carbonyl (C=O) groups excluding carboxylic acids is 1. The van der Waals surface area contributed by atoms with Gasteiger partial charge in [0.2, 0.25) is 0 Å². The van der Waals surface area contributed by atoms with E-state index in [0.29, 0.717) is 26.5 Å². The van der Waals surface area contributed by atoms with Gasteiger partial charge in [-0.05, 0) is 36.4 Å². The van der Waals surface area contributed by atoms with Crippen molar-refractivity contribution in [2.45, 2.75) is 0 Å². The van der Waals surface area contributed by atoms with Gasteiger partial charge >= 0.3 is 0 Å². The van der Waals surface area contributed by atoms with E-state index >= 15 is 0 Å². The molecule has 0 atom stereocenters. The molecule has 2 rings (SSSR count). The van der Waals surface area contributed by atoms with Gasteiger partial charge in [-0.15, -0.1) is 0 Å². The van der Waals surface area contributed by atoms with Crippen molar-refractivity contribution in [1.29, 1.82) is 0 Å². The van der Waals surface area contributed by atoms with Gasteiger partial charge in [0, 0.05) is 20.8 Å². The summed E-state index contributed by atoms with van der Waals surface area (Å²) >= 11 is 17.5. The van der Waals surface area contributed by atoms with Gasteiger partial charge in [0.1, 0.15) is 5.75 Å². The molecule has 0 saturated carbocycles. The van der Waals surface area contributed by atoms with Crippen molar-refractivity contribution in [3.63, 3.8) is 0 Å². The highest BCUT2D eigenvalue weighted by atomic mass is 35.5. The zero-order valence-electron chi connectivity index (χ0n) is 10.2. The summed E-state index contributed by atoms with van der Waals surface area (Å²) in [5.41, 5.74) is 0.607. The Kier molecular flexibility index (Phi) is 5.12. The van der Waals surface area contributed by atoms with Crippen molar-refractivity contribution < 1.29 is 9.53 Å². The largest absolute Gasteiger partial charge is 0.484 e. The lowest BCUT2D eigenvalue weighted by Crippen LogP contribution is -2.20. The van der Waals surface area contributed by atoms with Crippen molar-refractivity contribution in [1.82, 2.24) is 0 Å². The molecule has 20 heavy (non-hydrogen) atoms. The quantitative estimate of drug-likeness (QED) is 0.885. The summed E-state index contributed by atoms with van der Waals surface area (Å²) in [6.07, 6.45) is 0. The second-order valence-corrected chi connectivity index (χ2v) is 5.26. The van der Waals surface area contributed by atoms with Gasteiger partial charge in [-0.3, -0.25) is 4.79 Å². The standard InChI is InChI=1S/C14H10Cl3NO2/c15-9-2-1-3-12(5-9)18-14(19)8-20-13-6-10(16)4-11(17)7-13/h1-7H,8H2,(H,18,19). The highest BCUT2D eigenvalue weighted by molar-refractivity contribution is 6.34. The Morgan fingerprint density at radius 2 is 1.70 bits per heavy atom. The summed E-state index contributed by atoms with van der Waals surface area (Å²) in [6.45, 7) is -0.150. The Balaban J connectivity index is 1.92. The molecule has 2 aromatic carbocycles. The summed E-state index contributed by atoms with van der Waals surface area (Å²) in [5, 5.41) is 4.11. The van der Waals surface area contributed by atoms with E-state index in [9.17, 15) is 4.79 Å². The van der Waals surface area contributed by atoms with Crippen LogP contribution in [0, 0.1) is 0 Å². The average Bonchev–Trinajstić information content (AvgIpc) is 2.35. The van der Waals surface area contributed by atoms with E-state index in [2.05, 4.69) is 5.32 Å². The number of amides is 1. The first-order valence-corrected chi connectivity index (χ1v) is 6.80. The van der Waals surface area contributed by atoms with Gasteiger partial charge in [0.05, 0.1) is 0 Å². The van der Waals surface area contributed by atoms with Crippen LogP contribution in [-0.2, 0) is 4.79 Å². The predicted molar refractivity (Wildman–Crippen MR) is 82.0 cm³/mol. The van der Waals surface area contributed by atoms with Crippen LogP contribution in [0.4, 0.5) is 5.69 Å². The average molecular weight is 331 g/mol. The van der Waals surface area contributed by atoms with Gasteiger partial charge in [0.25, 0.3) is 5.91 Å². The van der Waals surface area contributed by atoms with Crippen LogP contribution in [0.15, 0.2) is 42.5 Å². The van der Waals surface area contributed by atoms with Crippen molar-refractivity contribution in [2.24, 2.45) is 0 Å². The SMILES string of the molecule is O=C(COc1cc(Cl)cc(Cl)c1)Nc1cccc(Cl)c1. The Bertz CT molecular complexity index is 611. The molecule has 2 aromatic rings. The highest BCUT2D eigenvalue weighted by Gasteiger charge is 2.05. The molecule has 3 nitrogen and oxygen atoms in total. The predicted octanol–water partition coefficient (Wildman–Crippen LogP) is 4.66. The van der Waals surface area contributed by atoms with E-state index in [1.54, 1.807) is 42.5 Å². The molecule has 1 amide bonds. The lowest BCUT2D eigenvalue weighted by molar-refractivity contribution is -0.118. The zero-order chi connectivity index (χ0) is 14.5. The monoisotopic (exact) mass is 329 g/mol. The minimum Gasteiger partial charge on any atom is -0.484 e. The Labute approximate surface area is 131 Å². The number of anilines is 1. The van der Waals surface area contributed by atoms with Gasteiger partial charge in [-0.25, -0.2) is 0 Å². The van der Waals surface area contributed by atoms with Crippen molar-refractivity contribution in [3.8, 4) is 5.75 Å². The van der Waals surface area contributed by atoms with Crippen molar-refractivity contribution in [2.75, 3.05) is 11.9 Å². The molecule has 0 aromatic heterocycles. The molecule has 1 N–H and O–H groups in total. The summed E-state index contributed by atoms with van der Waals surface area (Å²) in [7, 11) is 0. The van der Waals surface area contributed by atoms with Crippen LogP contribution in [0.3, 0.4) is 0 Å². The molecule has 0 saturated heterocycles. The molecule has 0 aliphatic rings. The van der Waals surface area contributed by atoms with Gasteiger partial charge in [0.15, 0.2) is 6.61 Å². The zero-order valence-corrected chi connectivity index (χ0v) is 12.5. The molecule has 0 fully saturated rings. The summed E-state index contributed by atoms with van der Waals surface area (Å²) in [6, 6.07) is 11.6. The van der Waals surface area contributed by atoms with Crippen LogP contribution >= 0.6 is 34.8 Å². The summed E-state index contributed by atoms with van der Waals surface area (Å²) < 4.78 is 5.32. The van der Waals surface area contributed by atoms with Crippen LogP contribution in [-0.4, -0.2) is 12.5 Å². The van der Waals surface area contributed by atoms with Crippen molar-refractivity contribution >= 4 is 46.4 Å². The third kappa shape index (κ3) is 4.60. The maximum atomic E-state index is 11.7. The second kappa shape index (κ2) is 6.84. The highest BCUT2D eigenvalue weighted by Crippen LogP contribution is 2.24. The minimum absolute atomic E-state index is 0.150. The number of hydrogen-bond donors (Lipinski definition) is 1. The Morgan fingerprint density at radius 3 is 2.35 bits per heavy atom. The van der Waals surface area contributed by atoms with Crippen LogP contribution in [0.5, 0.6) is 5.75 Å². The number of carbonyl (C=O) groups is 1. The molecule has 0 radical (unpaired) electrons. The summed E-state index contributed by atoms with van der Waals surface area (Å²) in [4.78, 5) is 11.7. The first-order valence-electron chi connectivity index (χ1n) is 5.67. The maximum Gasteiger partial charge on any atom is 0.262 e. The number of rotatable bonds is 4. The van der Waals surface area contributed by atoms with E-state index in [0.717, 1.165) is 0 Å². The van der Waals surface area contributed by atoms with E-state index in [1.165, 1.54) is 0 Å². The molecular weight excluding hydrogens is 321 g/mol. The first-order chi connectivity index (χ1) is 9.52. The topological polar surface area (TPSA) is 38.3 Å². The molecule has 104 valence electrons. The fourth-order valence-electron chi connectivity index (χ4n) is 1.52. The Hall–Kier alpha value is -1.42. The smallest absolute Gasteiger partial charge is 0.262 e. The van der Waals surface area contributed by atoms with Crippen molar-refractivity contribution in [3.05, 3.63) is 57.5 Å². The van der Waals surface area contributed by atoms with Crippen LogP contribution < -0.4 is 10.1 Å². The van der Waals surface area contributed by atoms with E-state index in [4.69, 9.17) is 39.5 Å². The van der Waals surface area contributed by atoms with Gasteiger partial charge < -0.3 is 10.1 Å². The second-order valence-electron chi connectivity index (χ2n) is 3.95. The third-order valence-corrected chi connectivity index (χ3v) is 2.99. The molecule has 0 aliphatic heterocycles. The molecular formula is C14H10Cl3NO2. The van der Waals surface area contributed by atoms with Gasteiger partial charge in [-0.1, -0.05) is 40.9 Å². The number of benzene rings is 2. The summed E-state index contributed by atoms with van der Waals surface area (Å²) in [5.74, 6) is 0.132. The molecule has 0 unspecified atom stereocenters. The van der Waals surface area contributed by atoms with Crippen LogP contribution in [0.25, 0.3) is 0 Å². The normalized spacial score (nSPS) is 10.2. The minimum atomic E-state index is -0.302. The first kappa shape index (κ1) is 15.0. The van der Waals surface area contributed by atoms with E-state index < -0.39 is 0 Å². The maximum absolute atomic E-state index is 11.7. The fourth-order valence-corrected chi connectivity index (χ4v) is 2.22. The number of nitrogens with one attached hydrogen (secondary N) is 1. The third-order valence-electron chi connectivity index (χ3n) is 2.31. The fraction of sp³-hybridized carbons (Fsp3) is 0.0714. The number of halogens is 3. The molecule has 0 spiro atoms. The lowest BCUT2D eigenvalue weighted by Gasteiger charge is -2.08. The molecule has 0 bridgehead atoms. The van der Waals surface area contributed by atoms with Crippen LogP contribution in [0.1, 0.15) is 0 Å².